The first-order chi connectivity index (χ1) is 6.57. The zero-order valence-corrected chi connectivity index (χ0v) is 8.87. The molecule has 0 saturated heterocycles. The number of halogens is 3. The van der Waals surface area contributed by atoms with Crippen molar-refractivity contribution in [3.05, 3.63) is 27.5 Å². The molecule has 1 aromatic carbocycles. The van der Waals surface area contributed by atoms with Gasteiger partial charge in [0.2, 0.25) is 0 Å². The van der Waals surface area contributed by atoms with E-state index >= 15 is 0 Å². The lowest BCUT2D eigenvalue weighted by Crippen LogP contribution is -2.01. The molecule has 0 aliphatic heterocycles. The van der Waals surface area contributed by atoms with Crippen molar-refractivity contribution in [2.75, 3.05) is 6.54 Å². The predicted molar refractivity (Wildman–Crippen MR) is 55.5 cm³/mol. The number of rotatable bonds is 3. The predicted octanol–water partition coefficient (Wildman–Crippen LogP) is 2.73. The third kappa shape index (κ3) is 2.29. The normalized spacial score (nSPS) is 10.6. The van der Waals surface area contributed by atoms with E-state index in [1.165, 1.54) is 6.07 Å². The van der Waals surface area contributed by atoms with E-state index in [9.17, 15) is 9.50 Å². The quantitative estimate of drug-likeness (QED) is 0.795. The summed E-state index contributed by atoms with van der Waals surface area (Å²) in [4.78, 5) is 0. The fraction of sp³-hybridized carbons (Fsp3) is 0.333. The molecule has 14 heavy (non-hydrogen) atoms. The van der Waals surface area contributed by atoms with E-state index in [0.29, 0.717) is 24.9 Å². The number of aryl methyl sites for hydroxylation is 1. The number of aromatic hydroxyl groups is 1. The highest BCUT2D eigenvalue weighted by molar-refractivity contribution is 6.43. The van der Waals surface area contributed by atoms with Crippen LogP contribution >= 0.6 is 23.2 Å². The van der Waals surface area contributed by atoms with Crippen LogP contribution in [0.1, 0.15) is 12.0 Å². The van der Waals surface area contributed by atoms with Crippen molar-refractivity contribution in [1.29, 1.82) is 0 Å². The third-order valence-electron chi connectivity index (χ3n) is 1.87. The molecule has 0 amide bonds. The summed E-state index contributed by atoms with van der Waals surface area (Å²) in [5.41, 5.74) is 5.73. The summed E-state index contributed by atoms with van der Waals surface area (Å²) in [7, 11) is 0. The van der Waals surface area contributed by atoms with E-state index in [1.54, 1.807) is 0 Å². The van der Waals surface area contributed by atoms with Crippen molar-refractivity contribution in [3.63, 3.8) is 0 Å². The van der Waals surface area contributed by atoms with E-state index < -0.39 is 5.82 Å². The van der Waals surface area contributed by atoms with Gasteiger partial charge in [-0.2, -0.15) is 0 Å². The van der Waals surface area contributed by atoms with Crippen LogP contribution in [-0.2, 0) is 6.42 Å². The summed E-state index contributed by atoms with van der Waals surface area (Å²) < 4.78 is 13.1. The first-order valence-corrected chi connectivity index (χ1v) is 4.89. The highest BCUT2D eigenvalue weighted by Gasteiger charge is 2.14. The first-order valence-electron chi connectivity index (χ1n) is 4.13. The molecule has 0 spiro atoms. The van der Waals surface area contributed by atoms with Gasteiger partial charge in [-0.1, -0.05) is 23.2 Å². The van der Waals surface area contributed by atoms with E-state index in [2.05, 4.69) is 0 Å². The Morgan fingerprint density at radius 3 is 2.57 bits per heavy atom. The van der Waals surface area contributed by atoms with Gasteiger partial charge in [0.05, 0.1) is 5.02 Å². The van der Waals surface area contributed by atoms with Crippen LogP contribution in [0.25, 0.3) is 0 Å². The second-order valence-electron chi connectivity index (χ2n) is 2.89. The van der Waals surface area contributed by atoms with Crippen LogP contribution in [0.2, 0.25) is 10.0 Å². The Morgan fingerprint density at radius 1 is 1.36 bits per heavy atom. The van der Waals surface area contributed by atoms with Gasteiger partial charge in [0, 0.05) is 0 Å². The Balaban J connectivity index is 3.06. The lowest BCUT2D eigenvalue weighted by molar-refractivity contribution is 0.465. The molecule has 0 unspecified atom stereocenters. The molecule has 3 N–H and O–H groups in total. The van der Waals surface area contributed by atoms with Gasteiger partial charge in [-0.15, -0.1) is 0 Å². The summed E-state index contributed by atoms with van der Waals surface area (Å²) in [6.07, 6.45) is 1.14. The van der Waals surface area contributed by atoms with Crippen LogP contribution in [-0.4, -0.2) is 11.7 Å². The minimum Gasteiger partial charge on any atom is -0.506 e. The lowest BCUT2D eigenvalue weighted by atomic mass is 10.1. The SMILES string of the molecule is NCCCc1cc(F)c(Cl)c(Cl)c1O. The molecule has 1 rings (SSSR count). The summed E-state index contributed by atoms with van der Waals surface area (Å²) in [6.45, 7) is 0.474. The summed E-state index contributed by atoms with van der Waals surface area (Å²) in [6, 6.07) is 1.18. The Hall–Kier alpha value is -0.510. The maximum atomic E-state index is 13.1. The maximum Gasteiger partial charge on any atom is 0.143 e. The molecule has 0 fully saturated rings. The topological polar surface area (TPSA) is 46.2 Å². The summed E-state index contributed by atoms with van der Waals surface area (Å²) >= 11 is 11.1. The number of hydrogen-bond acceptors (Lipinski definition) is 2. The number of phenols is 1. The van der Waals surface area contributed by atoms with E-state index in [-0.39, 0.29) is 15.8 Å². The molecule has 1 aromatic rings. The van der Waals surface area contributed by atoms with Crippen molar-refractivity contribution in [2.24, 2.45) is 5.73 Å². The molecule has 0 atom stereocenters. The smallest absolute Gasteiger partial charge is 0.143 e. The Bertz CT molecular complexity index is 344. The van der Waals surface area contributed by atoms with Crippen molar-refractivity contribution in [2.45, 2.75) is 12.8 Å². The van der Waals surface area contributed by atoms with E-state index in [0.717, 1.165) is 0 Å². The molecular weight excluding hydrogens is 228 g/mol. The molecule has 0 aliphatic carbocycles. The second kappa shape index (κ2) is 4.82. The monoisotopic (exact) mass is 237 g/mol. The van der Waals surface area contributed by atoms with Gasteiger partial charge in [0.25, 0.3) is 0 Å². The summed E-state index contributed by atoms with van der Waals surface area (Å²) in [5, 5.41) is 9.12. The zero-order valence-electron chi connectivity index (χ0n) is 7.36. The minimum absolute atomic E-state index is 0.140. The molecule has 0 aliphatic rings. The van der Waals surface area contributed by atoms with Crippen LogP contribution in [0.4, 0.5) is 4.39 Å². The molecular formula is C9H10Cl2FNO. The molecule has 2 nitrogen and oxygen atoms in total. The van der Waals surface area contributed by atoms with Crippen LogP contribution in [0.15, 0.2) is 6.07 Å². The number of hydrogen-bond donors (Lipinski definition) is 2. The molecule has 0 bridgehead atoms. The molecule has 0 aromatic heterocycles. The molecule has 0 radical (unpaired) electrons. The van der Waals surface area contributed by atoms with Crippen molar-refractivity contribution in [3.8, 4) is 5.75 Å². The Labute approximate surface area is 91.4 Å². The van der Waals surface area contributed by atoms with Crippen LogP contribution in [0.3, 0.4) is 0 Å². The van der Waals surface area contributed by atoms with Crippen LogP contribution in [0.5, 0.6) is 5.75 Å². The maximum absolute atomic E-state index is 13.1. The van der Waals surface area contributed by atoms with E-state index in [4.69, 9.17) is 28.9 Å². The van der Waals surface area contributed by atoms with Crippen LogP contribution in [0, 0.1) is 5.82 Å². The van der Waals surface area contributed by atoms with Crippen LogP contribution < -0.4 is 5.73 Å². The van der Waals surface area contributed by atoms with Gasteiger partial charge in [0.15, 0.2) is 0 Å². The van der Waals surface area contributed by atoms with Gasteiger partial charge in [-0.3, -0.25) is 0 Å². The van der Waals surface area contributed by atoms with E-state index in [1.807, 2.05) is 0 Å². The lowest BCUT2D eigenvalue weighted by Gasteiger charge is -2.07. The Kier molecular flexibility index (Phi) is 3.98. The Morgan fingerprint density at radius 2 is 2.00 bits per heavy atom. The van der Waals surface area contributed by atoms with Gasteiger partial charge in [-0.25, -0.2) is 4.39 Å². The standard InChI is InChI=1S/C9H10Cl2FNO/c10-7-6(12)4-5(2-1-3-13)9(14)8(7)11/h4,14H,1-3,13H2. The van der Waals surface area contributed by atoms with Crippen molar-refractivity contribution in [1.82, 2.24) is 0 Å². The minimum atomic E-state index is -0.624. The third-order valence-corrected chi connectivity index (χ3v) is 2.70. The number of nitrogens with two attached hydrogens (primary N) is 1. The van der Waals surface area contributed by atoms with Crippen molar-refractivity contribution >= 4 is 23.2 Å². The molecule has 78 valence electrons. The molecule has 0 saturated carbocycles. The average molecular weight is 238 g/mol. The summed E-state index contributed by atoms with van der Waals surface area (Å²) in [5.74, 6) is -0.784. The zero-order chi connectivity index (χ0) is 10.7. The second-order valence-corrected chi connectivity index (χ2v) is 3.64. The van der Waals surface area contributed by atoms with Gasteiger partial charge in [0.1, 0.15) is 16.6 Å². The molecule has 5 heteroatoms. The van der Waals surface area contributed by atoms with Crippen molar-refractivity contribution < 1.29 is 9.50 Å². The highest BCUT2D eigenvalue weighted by Crippen LogP contribution is 2.36. The largest absolute Gasteiger partial charge is 0.506 e. The van der Waals surface area contributed by atoms with Gasteiger partial charge < -0.3 is 10.8 Å². The first kappa shape index (κ1) is 11.6. The average Bonchev–Trinajstić information content (AvgIpc) is 2.18. The fourth-order valence-corrected chi connectivity index (χ4v) is 1.47. The molecule has 0 heterocycles. The van der Waals surface area contributed by atoms with Gasteiger partial charge in [-0.05, 0) is 31.0 Å². The number of phenolic OH excluding ortho intramolecular Hbond substituents is 1. The van der Waals surface area contributed by atoms with Gasteiger partial charge >= 0.3 is 0 Å². The number of benzene rings is 1. The highest BCUT2D eigenvalue weighted by atomic mass is 35.5. The fourth-order valence-electron chi connectivity index (χ4n) is 1.12.